The van der Waals surface area contributed by atoms with E-state index in [0.29, 0.717) is 6.04 Å². The molecule has 0 saturated carbocycles. The minimum Gasteiger partial charge on any atom is -0.354 e. The lowest BCUT2D eigenvalue weighted by Gasteiger charge is -2.27. The second-order valence-corrected chi connectivity index (χ2v) is 6.77. The number of aromatic nitrogens is 2. The number of nitrogens with zero attached hydrogens (tertiary/aromatic N) is 3. The molecular weight excluding hydrogens is 280 g/mol. The highest BCUT2D eigenvalue weighted by Crippen LogP contribution is 2.31. The van der Waals surface area contributed by atoms with Gasteiger partial charge in [-0.15, -0.1) is 11.3 Å². The summed E-state index contributed by atoms with van der Waals surface area (Å²) < 4.78 is 1.24. The van der Waals surface area contributed by atoms with Crippen molar-refractivity contribution in [2.24, 2.45) is 0 Å². The molecule has 0 aliphatic carbocycles. The van der Waals surface area contributed by atoms with Gasteiger partial charge in [0.25, 0.3) is 0 Å². The number of aryl methyl sites for hydroxylation is 1. The van der Waals surface area contributed by atoms with Crippen molar-refractivity contribution < 1.29 is 0 Å². The van der Waals surface area contributed by atoms with E-state index in [-0.39, 0.29) is 0 Å². The lowest BCUT2D eigenvalue weighted by atomic mass is 10.2. The minimum absolute atomic E-state index is 0.605. The highest BCUT2D eigenvalue weighted by atomic mass is 32.1. The first-order valence-electron chi connectivity index (χ1n) is 7.96. The molecular formula is C16H24N4S. The molecule has 1 saturated heterocycles. The Kier molecular flexibility index (Phi) is 4.70. The zero-order valence-corrected chi connectivity index (χ0v) is 13.7. The number of nitrogens with one attached hydrogen (secondary N) is 1. The fourth-order valence-electron chi connectivity index (χ4n) is 2.99. The largest absolute Gasteiger partial charge is 0.354 e. The van der Waals surface area contributed by atoms with Crippen LogP contribution in [-0.2, 0) is 0 Å². The van der Waals surface area contributed by atoms with E-state index in [4.69, 9.17) is 0 Å². The fourth-order valence-corrected chi connectivity index (χ4v) is 4.01. The Labute approximate surface area is 130 Å². The van der Waals surface area contributed by atoms with E-state index in [2.05, 4.69) is 39.4 Å². The third-order valence-corrected chi connectivity index (χ3v) is 5.28. The molecule has 5 heteroatoms. The van der Waals surface area contributed by atoms with E-state index >= 15 is 0 Å². The van der Waals surface area contributed by atoms with Gasteiger partial charge in [-0.05, 0) is 43.7 Å². The van der Waals surface area contributed by atoms with E-state index in [1.807, 2.05) is 0 Å². The van der Waals surface area contributed by atoms with Crippen LogP contribution in [0.5, 0.6) is 0 Å². The number of anilines is 1. The maximum atomic E-state index is 4.61. The number of thiophene rings is 1. The average Bonchev–Trinajstić information content (AvgIpc) is 3.14. The van der Waals surface area contributed by atoms with Crippen molar-refractivity contribution in [3.8, 4) is 0 Å². The first-order valence-corrected chi connectivity index (χ1v) is 8.84. The average molecular weight is 304 g/mol. The molecule has 0 amide bonds. The van der Waals surface area contributed by atoms with Gasteiger partial charge in [-0.2, -0.15) is 0 Å². The van der Waals surface area contributed by atoms with Crippen molar-refractivity contribution >= 4 is 27.4 Å². The first kappa shape index (κ1) is 14.7. The number of hydrogen-bond donors (Lipinski definition) is 1. The molecule has 0 radical (unpaired) electrons. The molecule has 1 unspecified atom stereocenters. The van der Waals surface area contributed by atoms with Crippen molar-refractivity contribution in [3.05, 3.63) is 17.3 Å². The normalized spacial score (nSPS) is 18.5. The summed E-state index contributed by atoms with van der Waals surface area (Å²) in [6, 6.07) is 0.605. The molecule has 1 N–H and O–H groups in total. The van der Waals surface area contributed by atoms with Crippen LogP contribution >= 0.6 is 11.3 Å². The van der Waals surface area contributed by atoms with Crippen molar-refractivity contribution in [2.45, 2.75) is 45.6 Å². The van der Waals surface area contributed by atoms with Crippen molar-refractivity contribution in [1.82, 2.24) is 15.3 Å². The van der Waals surface area contributed by atoms with Crippen LogP contribution in [0.15, 0.2) is 11.7 Å². The van der Waals surface area contributed by atoms with Crippen molar-refractivity contribution in [2.75, 3.05) is 24.5 Å². The van der Waals surface area contributed by atoms with E-state index < -0.39 is 0 Å². The van der Waals surface area contributed by atoms with Gasteiger partial charge in [0, 0.05) is 19.1 Å². The molecule has 0 spiro atoms. The summed E-state index contributed by atoms with van der Waals surface area (Å²) in [5.41, 5.74) is 2.37. The fraction of sp³-hybridized carbons (Fsp3) is 0.625. The standard InChI is InChI=1S/C16H24N4S/c1-3-4-8-20(9-13-6-5-7-17-13)16-15-14(18-11-19-16)12(2)10-21-15/h10-11,13,17H,3-9H2,1-2H3. The highest BCUT2D eigenvalue weighted by molar-refractivity contribution is 7.18. The van der Waals surface area contributed by atoms with Gasteiger partial charge in [0.1, 0.15) is 12.1 Å². The van der Waals surface area contributed by atoms with Crippen LogP contribution in [0.3, 0.4) is 0 Å². The monoisotopic (exact) mass is 304 g/mol. The van der Waals surface area contributed by atoms with Gasteiger partial charge in [-0.25, -0.2) is 9.97 Å². The Morgan fingerprint density at radius 2 is 2.33 bits per heavy atom. The van der Waals surface area contributed by atoms with Crippen LogP contribution in [0.2, 0.25) is 0 Å². The predicted molar refractivity (Wildman–Crippen MR) is 90.3 cm³/mol. The van der Waals surface area contributed by atoms with Gasteiger partial charge in [-0.3, -0.25) is 0 Å². The van der Waals surface area contributed by atoms with Crippen LogP contribution < -0.4 is 10.2 Å². The third-order valence-electron chi connectivity index (χ3n) is 4.20. The second-order valence-electron chi connectivity index (χ2n) is 5.89. The zero-order chi connectivity index (χ0) is 14.7. The van der Waals surface area contributed by atoms with Gasteiger partial charge in [-0.1, -0.05) is 13.3 Å². The number of rotatable bonds is 6. The number of unbranched alkanes of at least 4 members (excludes halogenated alkanes) is 1. The molecule has 114 valence electrons. The molecule has 4 nitrogen and oxygen atoms in total. The van der Waals surface area contributed by atoms with Crippen LogP contribution in [0.4, 0.5) is 5.82 Å². The molecule has 3 heterocycles. The molecule has 0 aromatic carbocycles. The smallest absolute Gasteiger partial charge is 0.150 e. The van der Waals surface area contributed by atoms with Crippen molar-refractivity contribution in [3.63, 3.8) is 0 Å². The van der Waals surface area contributed by atoms with E-state index in [0.717, 1.165) is 31.0 Å². The van der Waals surface area contributed by atoms with Crippen LogP contribution in [0, 0.1) is 6.92 Å². The predicted octanol–water partition coefficient (Wildman–Crippen LogP) is 3.36. The minimum atomic E-state index is 0.605. The molecule has 1 aliphatic heterocycles. The van der Waals surface area contributed by atoms with Crippen LogP contribution in [0.25, 0.3) is 10.2 Å². The van der Waals surface area contributed by atoms with Crippen molar-refractivity contribution in [1.29, 1.82) is 0 Å². The van der Waals surface area contributed by atoms with Gasteiger partial charge < -0.3 is 10.2 Å². The Morgan fingerprint density at radius 1 is 1.43 bits per heavy atom. The quantitative estimate of drug-likeness (QED) is 0.888. The summed E-state index contributed by atoms with van der Waals surface area (Å²) in [6.07, 6.45) is 6.72. The summed E-state index contributed by atoms with van der Waals surface area (Å²) in [6.45, 7) is 7.67. The van der Waals surface area contributed by atoms with Crippen LogP contribution in [0.1, 0.15) is 38.2 Å². The molecule has 21 heavy (non-hydrogen) atoms. The molecule has 3 rings (SSSR count). The number of fused-ring (bicyclic) bond motifs is 1. The Balaban J connectivity index is 1.89. The van der Waals surface area contributed by atoms with Gasteiger partial charge >= 0.3 is 0 Å². The lowest BCUT2D eigenvalue weighted by Crippen LogP contribution is -2.38. The Hall–Kier alpha value is -1.20. The molecule has 1 fully saturated rings. The van der Waals surface area contributed by atoms with Gasteiger partial charge in [0.15, 0.2) is 0 Å². The summed E-state index contributed by atoms with van der Waals surface area (Å²) in [4.78, 5) is 11.5. The molecule has 2 aromatic rings. The molecule has 1 atom stereocenters. The Morgan fingerprint density at radius 3 is 3.10 bits per heavy atom. The van der Waals surface area contributed by atoms with Gasteiger partial charge in [0.2, 0.25) is 0 Å². The van der Waals surface area contributed by atoms with E-state index in [1.165, 1.54) is 35.9 Å². The molecule has 0 bridgehead atoms. The summed E-state index contributed by atoms with van der Waals surface area (Å²) in [7, 11) is 0. The summed E-state index contributed by atoms with van der Waals surface area (Å²) in [5, 5.41) is 5.79. The second kappa shape index (κ2) is 6.71. The zero-order valence-electron chi connectivity index (χ0n) is 12.9. The topological polar surface area (TPSA) is 41.0 Å². The third kappa shape index (κ3) is 3.19. The Bertz CT molecular complexity index is 589. The SMILES string of the molecule is CCCCN(CC1CCCN1)c1ncnc2c(C)csc12. The van der Waals surface area contributed by atoms with Gasteiger partial charge in [0.05, 0.1) is 10.2 Å². The number of hydrogen-bond acceptors (Lipinski definition) is 5. The lowest BCUT2D eigenvalue weighted by molar-refractivity contribution is 0.570. The molecule has 2 aromatic heterocycles. The maximum absolute atomic E-state index is 4.61. The summed E-state index contributed by atoms with van der Waals surface area (Å²) in [5.74, 6) is 1.13. The van der Waals surface area contributed by atoms with E-state index in [1.54, 1.807) is 17.7 Å². The molecule has 1 aliphatic rings. The van der Waals surface area contributed by atoms with Crippen LogP contribution in [-0.4, -0.2) is 35.6 Å². The summed E-state index contributed by atoms with van der Waals surface area (Å²) >= 11 is 1.77. The first-order chi connectivity index (χ1) is 10.3. The maximum Gasteiger partial charge on any atom is 0.150 e. The highest BCUT2D eigenvalue weighted by Gasteiger charge is 2.21. The van der Waals surface area contributed by atoms with E-state index in [9.17, 15) is 0 Å².